The van der Waals surface area contributed by atoms with Crippen LogP contribution in [0.1, 0.15) is 30.4 Å². The number of aromatic nitrogens is 3. The summed E-state index contributed by atoms with van der Waals surface area (Å²) in [6, 6.07) is 5.52. The van der Waals surface area contributed by atoms with E-state index >= 15 is 0 Å². The summed E-state index contributed by atoms with van der Waals surface area (Å²) >= 11 is 0. The zero-order valence-electron chi connectivity index (χ0n) is 14.2. The lowest BCUT2D eigenvalue weighted by Gasteiger charge is -2.32. The minimum absolute atomic E-state index is 0.162. The number of nitrogens with one attached hydrogen (secondary N) is 1. The number of halogens is 1. The van der Waals surface area contributed by atoms with Gasteiger partial charge in [-0.3, -0.25) is 4.90 Å². The third-order valence-electron chi connectivity index (χ3n) is 5.30. The van der Waals surface area contributed by atoms with E-state index in [-0.39, 0.29) is 5.82 Å². The minimum Gasteiger partial charge on any atom is -0.358 e. The van der Waals surface area contributed by atoms with Gasteiger partial charge in [0.15, 0.2) is 0 Å². The van der Waals surface area contributed by atoms with E-state index in [1.807, 2.05) is 25.4 Å². The number of hydrogen-bond donors (Lipinski definition) is 1. The van der Waals surface area contributed by atoms with Crippen molar-refractivity contribution in [2.75, 3.05) is 6.54 Å². The molecule has 4 nitrogen and oxygen atoms in total. The van der Waals surface area contributed by atoms with Crippen LogP contribution in [0.4, 0.5) is 4.39 Å². The third-order valence-corrected chi connectivity index (χ3v) is 5.30. The van der Waals surface area contributed by atoms with Crippen molar-refractivity contribution in [2.24, 2.45) is 0 Å². The largest absolute Gasteiger partial charge is 0.358 e. The first-order valence-electron chi connectivity index (χ1n) is 8.62. The molecule has 0 aliphatic carbocycles. The summed E-state index contributed by atoms with van der Waals surface area (Å²) in [5, 5.41) is 1.03. The van der Waals surface area contributed by atoms with Crippen LogP contribution in [0.25, 0.3) is 10.9 Å². The van der Waals surface area contributed by atoms with Crippen molar-refractivity contribution in [3.63, 3.8) is 0 Å². The fourth-order valence-electron chi connectivity index (χ4n) is 3.73. The minimum atomic E-state index is -0.162. The predicted molar refractivity (Wildman–Crippen MR) is 93.4 cm³/mol. The Kier molecular flexibility index (Phi) is 3.88. The summed E-state index contributed by atoms with van der Waals surface area (Å²) < 4.78 is 15.8. The zero-order valence-corrected chi connectivity index (χ0v) is 14.2. The van der Waals surface area contributed by atoms with Crippen molar-refractivity contribution < 1.29 is 4.39 Å². The zero-order chi connectivity index (χ0) is 16.7. The molecular weight excluding hydrogens is 303 g/mol. The van der Waals surface area contributed by atoms with Gasteiger partial charge in [-0.05, 0) is 44.0 Å². The van der Waals surface area contributed by atoms with Crippen molar-refractivity contribution in [1.82, 2.24) is 19.4 Å². The van der Waals surface area contributed by atoms with E-state index in [2.05, 4.69) is 26.4 Å². The average molecular weight is 326 g/mol. The standard InChI is InChI=1S/C19H23FN4/c1-13(5-8-23-10-7-21-14(23)2)24-9-6-19-17(12-24)16-11-15(20)3-4-18(16)22-19/h3-4,7,10-11,13,22H,5-6,8-9,12H2,1-2H3. The summed E-state index contributed by atoms with van der Waals surface area (Å²) in [7, 11) is 0. The predicted octanol–water partition coefficient (Wildman–Crippen LogP) is 3.65. The molecule has 1 aromatic carbocycles. The molecule has 0 saturated carbocycles. The summed E-state index contributed by atoms with van der Waals surface area (Å²) in [5.74, 6) is 0.903. The van der Waals surface area contributed by atoms with Crippen molar-refractivity contribution in [3.05, 3.63) is 53.5 Å². The van der Waals surface area contributed by atoms with Crippen LogP contribution in [0.5, 0.6) is 0 Å². The van der Waals surface area contributed by atoms with E-state index in [0.717, 1.165) is 49.2 Å². The SMILES string of the molecule is Cc1nccn1CCC(C)N1CCc2[nH]c3ccc(F)cc3c2C1. The van der Waals surface area contributed by atoms with Gasteiger partial charge in [0.05, 0.1) is 0 Å². The lowest BCUT2D eigenvalue weighted by Crippen LogP contribution is -2.38. The maximum Gasteiger partial charge on any atom is 0.123 e. The first-order valence-corrected chi connectivity index (χ1v) is 8.62. The van der Waals surface area contributed by atoms with E-state index in [1.54, 1.807) is 6.07 Å². The number of aromatic amines is 1. The smallest absolute Gasteiger partial charge is 0.123 e. The third kappa shape index (κ3) is 2.73. The summed E-state index contributed by atoms with van der Waals surface area (Å²) in [6.07, 6.45) is 5.98. The Labute approximate surface area is 141 Å². The molecule has 0 fully saturated rings. The molecule has 0 spiro atoms. The van der Waals surface area contributed by atoms with Crippen molar-refractivity contribution in [3.8, 4) is 0 Å². The Bertz CT molecular complexity index is 864. The van der Waals surface area contributed by atoms with Gasteiger partial charge in [0.2, 0.25) is 0 Å². The molecule has 3 aromatic rings. The number of rotatable bonds is 4. The fraction of sp³-hybridized carbons (Fsp3) is 0.421. The van der Waals surface area contributed by atoms with Gasteiger partial charge in [0.1, 0.15) is 11.6 Å². The Morgan fingerprint density at radius 1 is 1.38 bits per heavy atom. The van der Waals surface area contributed by atoms with E-state index in [1.165, 1.54) is 17.3 Å². The van der Waals surface area contributed by atoms with Gasteiger partial charge in [-0.2, -0.15) is 0 Å². The second kappa shape index (κ2) is 6.06. The maximum absolute atomic E-state index is 13.6. The highest BCUT2D eigenvalue weighted by Gasteiger charge is 2.24. The van der Waals surface area contributed by atoms with Crippen molar-refractivity contribution >= 4 is 10.9 Å². The second-order valence-corrected chi connectivity index (χ2v) is 6.80. The topological polar surface area (TPSA) is 36.9 Å². The van der Waals surface area contributed by atoms with E-state index in [0.29, 0.717) is 6.04 Å². The molecule has 5 heteroatoms. The molecule has 0 saturated heterocycles. The van der Waals surface area contributed by atoms with Crippen LogP contribution in [0.3, 0.4) is 0 Å². The summed E-state index contributed by atoms with van der Waals surface area (Å²) in [4.78, 5) is 10.2. The lowest BCUT2D eigenvalue weighted by molar-refractivity contribution is 0.177. The van der Waals surface area contributed by atoms with Gasteiger partial charge in [-0.25, -0.2) is 9.37 Å². The Hall–Kier alpha value is -2.14. The first-order chi connectivity index (χ1) is 11.6. The van der Waals surface area contributed by atoms with E-state index < -0.39 is 0 Å². The molecule has 1 aliphatic rings. The Balaban J connectivity index is 1.50. The van der Waals surface area contributed by atoms with Gasteiger partial charge < -0.3 is 9.55 Å². The number of H-pyrrole nitrogens is 1. The summed E-state index contributed by atoms with van der Waals surface area (Å²) in [6.45, 7) is 7.25. The van der Waals surface area contributed by atoms with Crippen LogP contribution in [0.2, 0.25) is 0 Å². The highest BCUT2D eigenvalue weighted by molar-refractivity contribution is 5.84. The molecule has 0 radical (unpaired) electrons. The number of imidazole rings is 1. The molecule has 0 amide bonds. The molecule has 0 bridgehead atoms. The molecule has 4 rings (SSSR count). The van der Waals surface area contributed by atoms with E-state index in [4.69, 9.17) is 0 Å². The molecule has 1 atom stereocenters. The molecule has 1 aliphatic heterocycles. The maximum atomic E-state index is 13.6. The first kappa shape index (κ1) is 15.4. The molecule has 2 aromatic heterocycles. The monoisotopic (exact) mass is 326 g/mol. The van der Waals surface area contributed by atoms with Crippen molar-refractivity contribution in [1.29, 1.82) is 0 Å². The normalized spacial score (nSPS) is 16.5. The van der Waals surface area contributed by atoms with Crippen LogP contribution in [-0.4, -0.2) is 32.0 Å². The summed E-state index contributed by atoms with van der Waals surface area (Å²) in [5.41, 5.74) is 3.58. The number of nitrogens with zero attached hydrogens (tertiary/aromatic N) is 3. The highest BCUT2D eigenvalue weighted by atomic mass is 19.1. The van der Waals surface area contributed by atoms with Crippen LogP contribution < -0.4 is 0 Å². The number of benzene rings is 1. The molecule has 126 valence electrons. The second-order valence-electron chi connectivity index (χ2n) is 6.80. The van der Waals surface area contributed by atoms with Crippen LogP contribution >= 0.6 is 0 Å². The Morgan fingerprint density at radius 2 is 2.25 bits per heavy atom. The van der Waals surface area contributed by atoms with E-state index in [9.17, 15) is 4.39 Å². The van der Waals surface area contributed by atoms with Crippen molar-refractivity contribution in [2.45, 2.75) is 45.8 Å². The van der Waals surface area contributed by atoms with Gasteiger partial charge in [-0.15, -0.1) is 0 Å². The number of hydrogen-bond acceptors (Lipinski definition) is 2. The van der Waals surface area contributed by atoms with Crippen LogP contribution in [0, 0.1) is 12.7 Å². The molecule has 24 heavy (non-hydrogen) atoms. The van der Waals surface area contributed by atoms with Crippen LogP contribution in [-0.2, 0) is 19.5 Å². The number of aryl methyl sites for hydroxylation is 2. The highest BCUT2D eigenvalue weighted by Crippen LogP contribution is 2.29. The van der Waals surface area contributed by atoms with Gasteiger partial charge >= 0.3 is 0 Å². The van der Waals surface area contributed by atoms with Crippen LogP contribution in [0.15, 0.2) is 30.6 Å². The van der Waals surface area contributed by atoms with Gasteiger partial charge in [-0.1, -0.05) is 0 Å². The van der Waals surface area contributed by atoms with Gasteiger partial charge in [0.25, 0.3) is 0 Å². The fourth-order valence-corrected chi connectivity index (χ4v) is 3.73. The molecular formula is C19H23FN4. The molecule has 1 N–H and O–H groups in total. The molecule has 1 unspecified atom stereocenters. The number of fused-ring (bicyclic) bond motifs is 3. The van der Waals surface area contributed by atoms with Gasteiger partial charge in [0, 0.05) is 61.1 Å². The molecule has 3 heterocycles. The quantitative estimate of drug-likeness (QED) is 0.794. The lowest BCUT2D eigenvalue weighted by atomic mass is 10.0. The Morgan fingerprint density at radius 3 is 3.04 bits per heavy atom. The average Bonchev–Trinajstić information content (AvgIpc) is 3.15.